The number of oxazole rings is 1. The van der Waals surface area contributed by atoms with Gasteiger partial charge in [0, 0.05) is 21.8 Å². The summed E-state index contributed by atoms with van der Waals surface area (Å²) in [6, 6.07) is 20.5. The van der Waals surface area contributed by atoms with Crippen LogP contribution >= 0.6 is 15.9 Å². The van der Waals surface area contributed by atoms with Crippen LogP contribution in [0.5, 0.6) is 5.75 Å². The zero-order chi connectivity index (χ0) is 17.2. The summed E-state index contributed by atoms with van der Waals surface area (Å²) in [7, 11) is 0. The predicted octanol–water partition coefficient (Wildman–Crippen LogP) is 5.71. The van der Waals surface area contributed by atoms with Crippen molar-refractivity contribution in [2.24, 2.45) is 4.99 Å². The number of aromatic nitrogens is 1. The molecular weight excluding hydrogens is 380 g/mol. The maximum absolute atomic E-state index is 9.87. The quantitative estimate of drug-likeness (QED) is 0.454. The zero-order valence-electron chi connectivity index (χ0n) is 13.1. The van der Waals surface area contributed by atoms with Crippen LogP contribution in [0.25, 0.3) is 22.6 Å². The van der Waals surface area contributed by atoms with Crippen LogP contribution in [0.15, 0.2) is 80.6 Å². The SMILES string of the molecule is Oc1ccc(Br)cc1C=Nc1ccc2oc(-c3ccccc3)nc2c1. The first kappa shape index (κ1) is 15.6. The van der Waals surface area contributed by atoms with E-state index in [0.717, 1.165) is 21.2 Å². The van der Waals surface area contributed by atoms with E-state index in [4.69, 9.17) is 4.42 Å². The number of hydrogen-bond donors (Lipinski definition) is 1. The third-order valence-corrected chi connectivity index (χ3v) is 4.23. The van der Waals surface area contributed by atoms with Gasteiger partial charge >= 0.3 is 0 Å². The first-order valence-corrected chi connectivity index (χ1v) is 8.47. The molecule has 0 saturated heterocycles. The lowest BCUT2D eigenvalue weighted by molar-refractivity contribution is 0.474. The molecule has 0 amide bonds. The van der Waals surface area contributed by atoms with E-state index in [0.29, 0.717) is 17.0 Å². The average Bonchev–Trinajstić information content (AvgIpc) is 3.06. The number of hydrogen-bond acceptors (Lipinski definition) is 4. The van der Waals surface area contributed by atoms with Crippen molar-refractivity contribution in [3.63, 3.8) is 0 Å². The van der Waals surface area contributed by atoms with Gasteiger partial charge in [0.25, 0.3) is 0 Å². The normalized spacial score (nSPS) is 11.4. The number of halogens is 1. The molecule has 0 radical (unpaired) electrons. The van der Waals surface area contributed by atoms with Gasteiger partial charge in [0.1, 0.15) is 11.3 Å². The van der Waals surface area contributed by atoms with Crippen LogP contribution in [0, 0.1) is 0 Å². The number of phenols is 1. The van der Waals surface area contributed by atoms with Crippen molar-refractivity contribution in [2.75, 3.05) is 0 Å². The number of fused-ring (bicyclic) bond motifs is 1. The molecule has 0 aliphatic heterocycles. The monoisotopic (exact) mass is 392 g/mol. The fourth-order valence-corrected chi connectivity index (χ4v) is 2.85. The van der Waals surface area contributed by atoms with E-state index >= 15 is 0 Å². The first-order chi connectivity index (χ1) is 12.2. The summed E-state index contributed by atoms with van der Waals surface area (Å²) in [4.78, 5) is 8.96. The maximum atomic E-state index is 9.87. The highest BCUT2D eigenvalue weighted by Crippen LogP contribution is 2.27. The highest BCUT2D eigenvalue weighted by atomic mass is 79.9. The summed E-state index contributed by atoms with van der Waals surface area (Å²) in [6.45, 7) is 0. The first-order valence-electron chi connectivity index (χ1n) is 7.68. The lowest BCUT2D eigenvalue weighted by Gasteiger charge is -1.99. The number of aliphatic imine (C=N–C) groups is 1. The third kappa shape index (κ3) is 3.32. The van der Waals surface area contributed by atoms with Crippen molar-refractivity contribution >= 4 is 38.9 Å². The van der Waals surface area contributed by atoms with Gasteiger partial charge in [-0.1, -0.05) is 34.1 Å². The van der Waals surface area contributed by atoms with Crippen molar-refractivity contribution in [1.82, 2.24) is 4.98 Å². The van der Waals surface area contributed by atoms with E-state index in [9.17, 15) is 5.11 Å². The van der Waals surface area contributed by atoms with Crippen LogP contribution in [0.1, 0.15) is 5.56 Å². The lowest BCUT2D eigenvalue weighted by atomic mass is 10.2. The molecule has 0 fully saturated rings. The lowest BCUT2D eigenvalue weighted by Crippen LogP contribution is -1.82. The Bertz CT molecular complexity index is 1070. The van der Waals surface area contributed by atoms with Gasteiger partial charge in [-0.25, -0.2) is 4.98 Å². The van der Waals surface area contributed by atoms with Crippen LogP contribution in [0.3, 0.4) is 0 Å². The second-order valence-corrected chi connectivity index (χ2v) is 6.41. The molecule has 0 aliphatic rings. The molecule has 3 aromatic carbocycles. The molecule has 0 unspecified atom stereocenters. The van der Waals surface area contributed by atoms with Gasteiger partial charge in [0.15, 0.2) is 5.58 Å². The Labute approximate surface area is 152 Å². The average molecular weight is 393 g/mol. The van der Waals surface area contributed by atoms with Crippen LogP contribution in [-0.4, -0.2) is 16.3 Å². The van der Waals surface area contributed by atoms with Crippen molar-refractivity contribution in [3.8, 4) is 17.2 Å². The maximum Gasteiger partial charge on any atom is 0.227 e. The number of rotatable bonds is 3. The van der Waals surface area contributed by atoms with Crippen LogP contribution in [0.2, 0.25) is 0 Å². The molecule has 0 bridgehead atoms. The summed E-state index contributed by atoms with van der Waals surface area (Å²) in [5, 5.41) is 9.87. The summed E-state index contributed by atoms with van der Waals surface area (Å²) in [5.41, 5.74) is 3.76. The minimum absolute atomic E-state index is 0.181. The number of phenolic OH excluding ortho intramolecular Hbond substituents is 1. The predicted molar refractivity (Wildman–Crippen MR) is 103 cm³/mol. The van der Waals surface area contributed by atoms with E-state index in [1.807, 2.05) is 48.5 Å². The fourth-order valence-electron chi connectivity index (χ4n) is 2.47. The molecule has 1 aromatic heterocycles. The second-order valence-electron chi connectivity index (χ2n) is 5.50. The molecule has 1 heterocycles. The molecule has 25 heavy (non-hydrogen) atoms. The van der Waals surface area contributed by atoms with Crippen molar-refractivity contribution in [2.45, 2.75) is 0 Å². The van der Waals surface area contributed by atoms with E-state index in [2.05, 4.69) is 25.9 Å². The Morgan fingerprint density at radius 2 is 1.84 bits per heavy atom. The van der Waals surface area contributed by atoms with E-state index in [1.165, 1.54) is 0 Å². The van der Waals surface area contributed by atoms with E-state index in [-0.39, 0.29) is 5.75 Å². The molecule has 0 aliphatic carbocycles. The minimum atomic E-state index is 0.181. The smallest absolute Gasteiger partial charge is 0.227 e. The van der Waals surface area contributed by atoms with Crippen molar-refractivity contribution in [3.05, 3.63) is 76.8 Å². The highest BCUT2D eigenvalue weighted by molar-refractivity contribution is 9.10. The Kier molecular flexibility index (Phi) is 4.07. The molecule has 4 rings (SSSR count). The molecule has 4 aromatic rings. The van der Waals surface area contributed by atoms with Gasteiger partial charge in [0.2, 0.25) is 5.89 Å². The number of benzene rings is 3. The molecule has 0 saturated carbocycles. The van der Waals surface area contributed by atoms with E-state index < -0.39 is 0 Å². The zero-order valence-corrected chi connectivity index (χ0v) is 14.6. The van der Waals surface area contributed by atoms with Crippen molar-refractivity contribution < 1.29 is 9.52 Å². The van der Waals surface area contributed by atoms with Crippen LogP contribution in [0.4, 0.5) is 5.69 Å². The number of nitrogens with zero attached hydrogens (tertiary/aromatic N) is 2. The largest absolute Gasteiger partial charge is 0.507 e. The second kappa shape index (κ2) is 6.53. The van der Waals surface area contributed by atoms with Gasteiger partial charge in [-0.15, -0.1) is 0 Å². The Hall–Kier alpha value is -2.92. The van der Waals surface area contributed by atoms with Gasteiger partial charge < -0.3 is 9.52 Å². The van der Waals surface area contributed by atoms with E-state index in [1.54, 1.807) is 24.4 Å². The van der Waals surface area contributed by atoms with Gasteiger partial charge in [-0.2, -0.15) is 0 Å². The molecule has 0 atom stereocenters. The molecular formula is C20H13BrN2O2. The van der Waals surface area contributed by atoms with Crippen LogP contribution in [-0.2, 0) is 0 Å². The van der Waals surface area contributed by atoms with Crippen LogP contribution < -0.4 is 0 Å². The summed E-state index contributed by atoms with van der Waals surface area (Å²) < 4.78 is 6.68. The summed E-state index contributed by atoms with van der Waals surface area (Å²) in [5.74, 6) is 0.766. The molecule has 5 heteroatoms. The molecule has 4 nitrogen and oxygen atoms in total. The third-order valence-electron chi connectivity index (χ3n) is 3.73. The molecule has 122 valence electrons. The Balaban J connectivity index is 1.67. The number of aromatic hydroxyl groups is 1. The topological polar surface area (TPSA) is 58.6 Å². The molecule has 0 spiro atoms. The van der Waals surface area contributed by atoms with Crippen molar-refractivity contribution in [1.29, 1.82) is 0 Å². The standard InChI is InChI=1S/C20H13BrN2O2/c21-15-6-8-18(24)14(10-15)12-22-16-7-9-19-17(11-16)23-20(25-19)13-4-2-1-3-5-13/h1-12,24H. The minimum Gasteiger partial charge on any atom is -0.507 e. The fraction of sp³-hybridized carbons (Fsp3) is 0. The van der Waals surface area contributed by atoms with Gasteiger partial charge in [-0.05, 0) is 48.5 Å². The highest BCUT2D eigenvalue weighted by Gasteiger charge is 2.08. The Morgan fingerprint density at radius 3 is 2.68 bits per heavy atom. The molecule has 1 N–H and O–H groups in total. The summed E-state index contributed by atoms with van der Waals surface area (Å²) >= 11 is 3.38. The summed E-state index contributed by atoms with van der Waals surface area (Å²) in [6.07, 6.45) is 1.62. The van der Waals surface area contributed by atoms with Gasteiger partial charge in [0.05, 0.1) is 5.69 Å². The Morgan fingerprint density at radius 1 is 1.00 bits per heavy atom. The van der Waals surface area contributed by atoms with Gasteiger partial charge in [-0.3, -0.25) is 4.99 Å².